The molecule has 2 aromatic rings. The molecule has 1 N–H and O–H groups in total. The third-order valence-electron chi connectivity index (χ3n) is 4.08. The largest absolute Gasteiger partial charge is 0.497 e. The standard InChI is InChI=1S/C21H27NO3/c1-15-10-11-20(16(2)13-15)25-17(3)21(23)22-12-6-8-18-7-5-9-19(14-18)24-4/h5,7,9-11,13-14,17H,6,8,12H2,1-4H3,(H,22,23). The number of hydrogen-bond acceptors (Lipinski definition) is 3. The van der Waals surface area contributed by atoms with Gasteiger partial charge in [-0.3, -0.25) is 4.79 Å². The quantitative estimate of drug-likeness (QED) is 0.742. The van der Waals surface area contributed by atoms with Crippen LogP contribution in [0.1, 0.15) is 30.0 Å². The van der Waals surface area contributed by atoms with E-state index >= 15 is 0 Å². The van der Waals surface area contributed by atoms with E-state index in [1.54, 1.807) is 14.0 Å². The van der Waals surface area contributed by atoms with Crippen molar-refractivity contribution in [3.63, 3.8) is 0 Å². The van der Waals surface area contributed by atoms with Gasteiger partial charge in [0.25, 0.3) is 5.91 Å². The highest BCUT2D eigenvalue weighted by atomic mass is 16.5. The van der Waals surface area contributed by atoms with Crippen LogP contribution in [-0.4, -0.2) is 25.7 Å². The topological polar surface area (TPSA) is 47.6 Å². The highest BCUT2D eigenvalue weighted by molar-refractivity contribution is 5.80. The van der Waals surface area contributed by atoms with Crippen LogP contribution >= 0.6 is 0 Å². The van der Waals surface area contributed by atoms with Gasteiger partial charge in [0.05, 0.1) is 7.11 Å². The molecule has 25 heavy (non-hydrogen) atoms. The smallest absolute Gasteiger partial charge is 0.260 e. The average molecular weight is 341 g/mol. The summed E-state index contributed by atoms with van der Waals surface area (Å²) in [6.07, 6.45) is 1.25. The first-order valence-corrected chi connectivity index (χ1v) is 8.64. The minimum absolute atomic E-state index is 0.0920. The summed E-state index contributed by atoms with van der Waals surface area (Å²) in [6, 6.07) is 13.9. The van der Waals surface area contributed by atoms with Gasteiger partial charge in [-0.2, -0.15) is 0 Å². The Morgan fingerprint density at radius 2 is 1.96 bits per heavy atom. The van der Waals surface area contributed by atoms with E-state index < -0.39 is 6.10 Å². The number of carbonyl (C=O) groups excluding carboxylic acids is 1. The number of hydrogen-bond donors (Lipinski definition) is 1. The van der Waals surface area contributed by atoms with Crippen LogP contribution in [0.15, 0.2) is 42.5 Å². The summed E-state index contributed by atoms with van der Waals surface area (Å²) < 4.78 is 11.0. The summed E-state index contributed by atoms with van der Waals surface area (Å²) in [5.41, 5.74) is 3.42. The molecule has 1 amide bonds. The van der Waals surface area contributed by atoms with Gasteiger partial charge in [0.1, 0.15) is 11.5 Å². The lowest BCUT2D eigenvalue weighted by Gasteiger charge is -2.16. The lowest BCUT2D eigenvalue weighted by atomic mass is 10.1. The predicted molar refractivity (Wildman–Crippen MR) is 100 cm³/mol. The van der Waals surface area contributed by atoms with Crippen molar-refractivity contribution in [1.29, 1.82) is 0 Å². The molecule has 0 bridgehead atoms. The highest BCUT2D eigenvalue weighted by Crippen LogP contribution is 2.20. The Bertz CT molecular complexity index is 712. The van der Waals surface area contributed by atoms with Crippen molar-refractivity contribution >= 4 is 5.91 Å². The molecule has 1 atom stereocenters. The number of methoxy groups -OCH3 is 1. The fourth-order valence-electron chi connectivity index (χ4n) is 2.65. The molecule has 0 aliphatic heterocycles. The second kappa shape index (κ2) is 9.11. The summed E-state index contributed by atoms with van der Waals surface area (Å²) in [4.78, 5) is 12.2. The number of carbonyl (C=O) groups is 1. The zero-order valence-corrected chi connectivity index (χ0v) is 15.5. The monoisotopic (exact) mass is 341 g/mol. The van der Waals surface area contributed by atoms with Gasteiger partial charge >= 0.3 is 0 Å². The summed E-state index contributed by atoms with van der Waals surface area (Å²) in [7, 11) is 1.66. The first kappa shape index (κ1) is 18.8. The van der Waals surface area contributed by atoms with Gasteiger partial charge < -0.3 is 14.8 Å². The summed E-state index contributed by atoms with van der Waals surface area (Å²) >= 11 is 0. The van der Waals surface area contributed by atoms with Crippen LogP contribution in [0.3, 0.4) is 0 Å². The zero-order chi connectivity index (χ0) is 18.2. The third-order valence-corrected chi connectivity index (χ3v) is 4.08. The van der Waals surface area contributed by atoms with Crippen LogP contribution in [0.4, 0.5) is 0 Å². The lowest BCUT2D eigenvalue weighted by Crippen LogP contribution is -2.37. The Morgan fingerprint density at radius 3 is 2.68 bits per heavy atom. The van der Waals surface area contributed by atoms with Gasteiger partial charge in [-0.25, -0.2) is 0 Å². The van der Waals surface area contributed by atoms with Gasteiger partial charge in [0.2, 0.25) is 0 Å². The van der Waals surface area contributed by atoms with Gasteiger partial charge in [-0.1, -0.05) is 29.8 Å². The summed E-state index contributed by atoms with van der Waals surface area (Å²) in [5.74, 6) is 1.52. The maximum absolute atomic E-state index is 12.2. The van der Waals surface area contributed by atoms with E-state index in [1.807, 2.05) is 50.2 Å². The van der Waals surface area contributed by atoms with Crippen LogP contribution in [-0.2, 0) is 11.2 Å². The Morgan fingerprint density at radius 1 is 1.16 bits per heavy atom. The van der Waals surface area contributed by atoms with E-state index in [2.05, 4.69) is 11.4 Å². The number of nitrogens with one attached hydrogen (secondary N) is 1. The molecule has 0 saturated heterocycles. The van der Waals surface area contributed by atoms with Crippen molar-refractivity contribution in [1.82, 2.24) is 5.32 Å². The van der Waals surface area contributed by atoms with Crippen molar-refractivity contribution in [2.45, 2.75) is 39.7 Å². The summed E-state index contributed by atoms with van der Waals surface area (Å²) in [5, 5.41) is 2.94. The molecule has 0 saturated carbocycles. The molecule has 2 rings (SSSR count). The molecule has 0 radical (unpaired) electrons. The maximum atomic E-state index is 12.2. The molecule has 134 valence electrons. The minimum Gasteiger partial charge on any atom is -0.497 e. The SMILES string of the molecule is COc1cccc(CCCNC(=O)C(C)Oc2ccc(C)cc2C)c1. The number of aryl methyl sites for hydroxylation is 3. The fourth-order valence-corrected chi connectivity index (χ4v) is 2.65. The van der Waals surface area contributed by atoms with Crippen LogP contribution in [0, 0.1) is 13.8 Å². The van der Waals surface area contributed by atoms with E-state index in [-0.39, 0.29) is 5.91 Å². The van der Waals surface area contributed by atoms with Crippen LogP contribution in [0.5, 0.6) is 11.5 Å². The molecule has 0 aliphatic carbocycles. The molecule has 0 spiro atoms. The van der Waals surface area contributed by atoms with Crippen molar-refractivity contribution < 1.29 is 14.3 Å². The predicted octanol–water partition coefficient (Wildman–Crippen LogP) is 3.83. The minimum atomic E-state index is -0.516. The fraction of sp³-hybridized carbons (Fsp3) is 0.381. The van der Waals surface area contributed by atoms with E-state index in [4.69, 9.17) is 9.47 Å². The highest BCUT2D eigenvalue weighted by Gasteiger charge is 2.15. The first-order chi connectivity index (χ1) is 12.0. The third kappa shape index (κ3) is 5.82. The van der Waals surface area contributed by atoms with Gasteiger partial charge in [0.15, 0.2) is 6.10 Å². The molecule has 4 nitrogen and oxygen atoms in total. The van der Waals surface area contributed by atoms with Gasteiger partial charge in [-0.05, 0) is 62.9 Å². The molecule has 2 aromatic carbocycles. The molecule has 0 aromatic heterocycles. The van der Waals surface area contributed by atoms with E-state index in [0.717, 1.165) is 29.9 Å². The number of rotatable bonds is 8. The van der Waals surface area contributed by atoms with Gasteiger partial charge in [0, 0.05) is 6.54 Å². The van der Waals surface area contributed by atoms with Crippen molar-refractivity contribution in [2.24, 2.45) is 0 Å². The van der Waals surface area contributed by atoms with Crippen molar-refractivity contribution in [3.05, 3.63) is 59.2 Å². The van der Waals surface area contributed by atoms with Gasteiger partial charge in [-0.15, -0.1) is 0 Å². The molecule has 4 heteroatoms. The van der Waals surface area contributed by atoms with Crippen molar-refractivity contribution in [2.75, 3.05) is 13.7 Å². The molecular formula is C21H27NO3. The Hall–Kier alpha value is -2.49. The molecular weight excluding hydrogens is 314 g/mol. The summed E-state index contributed by atoms with van der Waals surface area (Å²) in [6.45, 7) is 6.42. The maximum Gasteiger partial charge on any atom is 0.260 e. The Labute approximate surface area is 150 Å². The number of ether oxygens (including phenoxy) is 2. The molecule has 0 heterocycles. The number of amides is 1. The second-order valence-electron chi connectivity index (χ2n) is 6.28. The first-order valence-electron chi connectivity index (χ1n) is 8.64. The second-order valence-corrected chi connectivity index (χ2v) is 6.28. The molecule has 0 fully saturated rings. The van der Waals surface area contributed by atoms with E-state index in [1.165, 1.54) is 11.1 Å². The van der Waals surface area contributed by atoms with Crippen molar-refractivity contribution in [3.8, 4) is 11.5 Å². The Balaban J connectivity index is 1.75. The molecule has 1 unspecified atom stereocenters. The van der Waals surface area contributed by atoms with Crippen LogP contribution < -0.4 is 14.8 Å². The van der Waals surface area contributed by atoms with E-state index in [0.29, 0.717) is 6.54 Å². The van der Waals surface area contributed by atoms with Crippen LogP contribution in [0.25, 0.3) is 0 Å². The average Bonchev–Trinajstić information content (AvgIpc) is 2.61. The number of benzene rings is 2. The zero-order valence-electron chi connectivity index (χ0n) is 15.5. The lowest BCUT2D eigenvalue weighted by molar-refractivity contribution is -0.127. The van der Waals surface area contributed by atoms with E-state index in [9.17, 15) is 4.79 Å². The Kier molecular flexibility index (Phi) is 6.87. The normalized spacial score (nSPS) is 11.7. The molecule has 0 aliphatic rings. The van der Waals surface area contributed by atoms with Crippen LogP contribution in [0.2, 0.25) is 0 Å².